The maximum absolute atomic E-state index is 13.3. The quantitative estimate of drug-likeness (QED) is 0.588. The number of ether oxygens (including phenoxy) is 1. The lowest BCUT2D eigenvalue weighted by Gasteiger charge is -2.44. The Morgan fingerprint density at radius 3 is 2.21 bits per heavy atom. The maximum Gasteiger partial charge on any atom is 0.332 e. The average molecular weight is 471 g/mol. The molecule has 2 aromatic heterocycles. The van der Waals surface area contributed by atoms with Crippen LogP contribution >= 0.6 is 0 Å². The number of aromatic nitrogens is 4. The van der Waals surface area contributed by atoms with Crippen LogP contribution in [0.25, 0.3) is 11.2 Å². The summed E-state index contributed by atoms with van der Waals surface area (Å²) in [5, 5.41) is 0. The molecular weight excluding hydrogens is 428 g/mol. The van der Waals surface area contributed by atoms with Crippen molar-refractivity contribution >= 4 is 11.2 Å². The minimum atomic E-state index is -0.269. The molecule has 1 N–H and O–H groups in total. The van der Waals surface area contributed by atoms with Crippen molar-refractivity contribution in [3.05, 3.63) is 39.3 Å². The highest BCUT2D eigenvalue weighted by molar-refractivity contribution is 5.70. The molecule has 7 nitrogen and oxygen atoms in total. The highest BCUT2D eigenvalue weighted by Gasteiger charge is 2.45. The number of H-pyrrole nitrogens is 1. The van der Waals surface area contributed by atoms with Gasteiger partial charge in [0.2, 0.25) is 0 Å². The van der Waals surface area contributed by atoms with Crippen LogP contribution in [0.5, 0.6) is 0 Å². The van der Waals surface area contributed by atoms with Gasteiger partial charge in [0, 0.05) is 13.1 Å². The first-order valence-electron chi connectivity index (χ1n) is 13.5. The highest BCUT2D eigenvalue weighted by Crippen LogP contribution is 2.44. The van der Waals surface area contributed by atoms with Crippen LogP contribution < -0.4 is 11.2 Å². The van der Waals surface area contributed by atoms with E-state index in [-0.39, 0.29) is 22.3 Å². The average Bonchev–Trinajstić information content (AvgIpc) is 3.31. The molecule has 0 aromatic carbocycles. The zero-order chi connectivity index (χ0) is 24.2. The van der Waals surface area contributed by atoms with Crippen LogP contribution in [-0.2, 0) is 23.2 Å². The highest BCUT2D eigenvalue weighted by atomic mass is 16.5. The number of rotatable bonds is 6. The zero-order valence-electron chi connectivity index (χ0n) is 21.2. The molecule has 3 fully saturated rings. The van der Waals surface area contributed by atoms with Crippen molar-refractivity contribution in [2.45, 2.75) is 121 Å². The van der Waals surface area contributed by atoms with Crippen LogP contribution in [0.2, 0.25) is 0 Å². The third-order valence-electron chi connectivity index (χ3n) is 8.05. The molecule has 2 atom stereocenters. The molecule has 2 saturated heterocycles. The summed E-state index contributed by atoms with van der Waals surface area (Å²) in [6.45, 7) is 9.68. The number of aryl methyl sites for hydroxylation is 1. The van der Waals surface area contributed by atoms with E-state index in [0.29, 0.717) is 30.9 Å². The molecule has 2 bridgehead atoms. The van der Waals surface area contributed by atoms with Gasteiger partial charge in [0.15, 0.2) is 5.65 Å². The Bertz CT molecular complexity index is 1100. The van der Waals surface area contributed by atoms with Gasteiger partial charge in [-0.25, -0.2) is 9.78 Å². The Balaban J connectivity index is 1.79. The molecule has 4 heterocycles. The fourth-order valence-corrected chi connectivity index (χ4v) is 5.87. The van der Waals surface area contributed by atoms with Crippen molar-refractivity contribution in [1.29, 1.82) is 0 Å². The van der Waals surface area contributed by atoms with Gasteiger partial charge >= 0.3 is 5.69 Å². The normalized spacial score (nSPS) is 26.6. The minimum Gasteiger partial charge on any atom is -0.370 e. The van der Waals surface area contributed by atoms with Gasteiger partial charge in [-0.05, 0) is 38.5 Å². The Morgan fingerprint density at radius 1 is 0.941 bits per heavy atom. The van der Waals surface area contributed by atoms with E-state index >= 15 is 0 Å². The first kappa shape index (κ1) is 25.0. The minimum absolute atomic E-state index is 0.253. The summed E-state index contributed by atoms with van der Waals surface area (Å²) in [7, 11) is 0. The first-order chi connectivity index (χ1) is 16.5. The monoisotopic (exact) mass is 470 g/mol. The number of aromatic amines is 1. The molecule has 7 heteroatoms. The van der Waals surface area contributed by atoms with Crippen LogP contribution in [0.4, 0.5) is 0 Å². The number of hydrogen-bond donors (Lipinski definition) is 1. The smallest absolute Gasteiger partial charge is 0.332 e. The van der Waals surface area contributed by atoms with Crippen molar-refractivity contribution in [2.24, 2.45) is 0 Å². The molecule has 2 unspecified atom stereocenters. The molecule has 1 saturated carbocycles. The summed E-state index contributed by atoms with van der Waals surface area (Å²) >= 11 is 0. The van der Waals surface area contributed by atoms with E-state index in [9.17, 15) is 9.59 Å². The zero-order valence-corrected chi connectivity index (χ0v) is 21.2. The fourth-order valence-electron chi connectivity index (χ4n) is 5.87. The van der Waals surface area contributed by atoms with Crippen LogP contribution in [0, 0.1) is 0 Å². The van der Waals surface area contributed by atoms with E-state index in [4.69, 9.17) is 9.72 Å². The summed E-state index contributed by atoms with van der Waals surface area (Å²) in [6, 6.07) is 0. The largest absolute Gasteiger partial charge is 0.370 e. The van der Waals surface area contributed by atoms with Crippen molar-refractivity contribution < 1.29 is 4.74 Å². The SMILES string of the molecule is C=CC12CCCCCCCCCC(c3nc4c([nH]3)c(=O)n(CCC)c(=O)n4CCC)(CC1)CO2. The number of hydrogen-bond acceptors (Lipinski definition) is 4. The lowest BCUT2D eigenvalue weighted by Crippen LogP contribution is -2.46. The van der Waals surface area contributed by atoms with Gasteiger partial charge in [-0.15, -0.1) is 6.58 Å². The Morgan fingerprint density at radius 2 is 1.59 bits per heavy atom. The molecule has 0 radical (unpaired) electrons. The second-order valence-corrected chi connectivity index (χ2v) is 10.5. The lowest BCUT2D eigenvalue weighted by molar-refractivity contribution is -0.0900. The van der Waals surface area contributed by atoms with Gasteiger partial charge in [-0.3, -0.25) is 13.9 Å². The van der Waals surface area contributed by atoms with Gasteiger partial charge in [0.1, 0.15) is 11.3 Å². The Labute approximate surface area is 202 Å². The standard InChI is InChI=1S/C27H42N4O3/c1-4-18-30-22-21(23(32)31(19-5-2)25(30)33)28-24(29-22)26-14-12-10-8-7-9-11-13-15-27(6-3,17-16-26)34-20-26/h6H,3-5,7-20H2,1-2H3,(H,28,29). The van der Waals surface area contributed by atoms with Crippen LogP contribution in [-0.4, -0.2) is 31.3 Å². The number of nitrogens with one attached hydrogen (secondary N) is 1. The Hall–Kier alpha value is -2.15. The second-order valence-electron chi connectivity index (χ2n) is 10.5. The third-order valence-corrected chi connectivity index (χ3v) is 8.05. The van der Waals surface area contributed by atoms with Crippen LogP contribution in [0.3, 0.4) is 0 Å². The van der Waals surface area contributed by atoms with Crippen LogP contribution in [0.15, 0.2) is 22.2 Å². The summed E-state index contributed by atoms with van der Waals surface area (Å²) < 4.78 is 9.65. The van der Waals surface area contributed by atoms with Crippen molar-refractivity contribution in [1.82, 2.24) is 19.1 Å². The molecule has 0 spiro atoms. The number of imidazole rings is 1. The summed E-state index contributed by atoms with van der Waals surface area (Å²) in [4.78, 5) is 34.8. The van der Waals surface area contributed by atoms with Crippen LogP contribution in [0.1, 0.15) is 103 Å². The molecule has 188 valence electrons. The molecule has 1 aliphatic carbocycles. The molecule has 2 aliphatic heterocycles. The Kier molecular flexibility index (Phi) is 7.80. The molecule has 34 heavy (non-hydrogen) atoms. The van der Waals surface area contributed by atoms with E-state index in [1.165, 1.54) is 43.1 Å². The van der Waals surface area contributed by atoms with Gasteiger partial charge in [0.05, 0.1) is 17.6 Å². The van der Waals surface area contributed by atoms with Crippen molar-refractivity contribution in [3.8, 4) is 0 Å². The van der Waals surface area contributed by atoms with E-state index in [1.54, 1.807) is 4.57 Å². The lowest BCUT2D eigenvalue weighted by atomic mass is 9.72. The molecule has 3 aliphatic rings. The fraction of sp³-hybridized carbons (Fsp3) is 0.741. The van der Waals surface area contributed by atoms with Gasteiger partial charge in [-0.2, -0.15) is 0 Å². The maximum atomic E-state index is 13.3. The summed E-state index contributed by atoms with van der Waals surface area (Å²) in [6.07, 6.45) is 16.0. The molecule has 5 rings (SSSR count). The number of fused-ring (bicyclic) bond motifs is 11. The third kappa shape index (κ3) is 4.68. The van der Waals surface area contributed by atoms with Gasteiger partial charge < -0.3 is 9.72 Å². The van der Waals surface area contributed by atoms with Crippen molar-refractivity contribution in [3.63, 3.8) is 0 Å². The van der Waals surface area contributed by atoms with E-state index in [1.807, 2.05) is 19.9 Å². The summed E-state index contributed by atoms with van der Waals surface area (Å²) in [5.41, 5.74) is -0.0917. The first-order valence-corrected chi connectivity index (χ1v) is 13.5. The second kappa shape index (κ2) is 10.6. The molecule has 0 amide bonds. The van der Waals surface area contributed by atoms with E-state index in [0.717, 1.165) is 50.8 Å². The molecular formula is C27H42N4O3. The topological polar surface area (TPSA) is 81.9 Å². The summed E-state index contributed by atoms with van der Waals surface area (Å²) in [5.74, 6) is 0.811. The van der Waals surface area contributed by atoms with Crippen molar-refractivity contribution in [2.75, 3.05) is 6.61 Å². The van der Waals surface area contributed by atoms with E-state index in [2.05, 4.69) is 11.6 Å². The molecule has 2 aromatic rings. The van der Waals surface area contributed by atoms with Gasteiger partial charge in [0.25, 0.3) is 5.56 Å². The number of nitrogens with zero attached hydrogens (tertiary/aromatic N) is 3. The van der Waals surface area contributed by atoms with E-state index < -0.39 is 0 Å². The predicted molar refractivity (Wildman–Crippen MR) is 137 cm³/mol. The predicted octanol–water partition coefficient (Wildman–Crippen LogP) is 5.20. The van der Waals surface area contributed by atoms with Gasteiger partial charge in [-0.1, -0.05) is 64.9 Å².